The smallest absolute Gasteiger partial charge is 0.191 e. The first-order valence-corrected chi connectivity index (χ1v) is 6.13. The number of ether oxygens (including phenoxy) is 1. The zero-order valence-electron chi connectivity index (χ0n) is 10.7. The maximum Gasteiger partial charge on any atom is 0.191 e. The molecule has 106 valence electrons. The molecule has 0 unspecified atom stereocenters. The number of rotatable bonds is 5. The summed E-state index contributed by atoms with van der Waals surface area (Å²) in [6.45, 7) is 1.94. The Morgan fingerprint density at radius 1 is 1.37 bits per heavy atom. The highest BCUT2D eigenvalue weighted by Crippen LogP contribution is 2.20. The lowest BCUT2D eigenvalue weighted by atomic mass is 10.2. The van der Waals surface area contributed by atoms with Crippen molar-refractivity contribution in [3.8, 4) is 5.75 Å². The van der Waals surface area contributed by atoms with Crippen molar-refractivity contribution in [1.82, 2.24) is 4.90 Å². The number of alkyl halides is 1. The van der Waals surface area contributed by atoms with Gasteiger partial charge in [-0.1, -0.05) is 18.2 Å². The van der Waals surface area contributed by atoms with Crippen LogP contribution in [0.5, 0.6) is 5.75 Å². The molecule has 0 radical (unpaired) electrons. The van der Waals surface area contributed by atoms with Gasteiger partial charge in [-0.05, 0) is 12.5 Å². The molecule has 0 amide bonds. The Hall–Kier alpha value is -1.30. The van der Waals surface area contributed by atoms with Gasteiger partial charge in [0, 0.05) is 25.2 Å². The summed E-state index contributed by atoms with van der Waals surface area (Å²) in [4.78, 5) is 6.23. The largest absolute Gasteiger partial charge is 0.491 e. The molecule has 0 fully saturated rings. The van der Waals surface area contributed by atoms with Gasteiger partial charge in [-0.25, -0.2) is 4.39 Å². The van der Waals surface area contributed by atoms with Crippen molar-refractivity contribution in [1.29, 1.82) is 0 Å². The van der Waals surface area contributed by atoms with Crippen molar-refractivity contribution < 1.29 is 9.13 Å². The van der Waals surface area contributed by atoms with E-state index in [1.807, 2.05) is 29.2 Å². The number of nitrogens with zero attached hydrogens (tertiary/aromatic N) is 2. The molecule has 0 saturated carbocycles. The third-order valence-corrected chi connectivity index (χ3v) is 2.85. The molecule has 0 spiro atoms. The first kappa shape index (κ1) is 15.8. The second-order valence-corrected chi connectivity index (χ2v) is 4.16. The topological polar surface area (TPSA) is 50.8 Å². The molecule has 0 atom stereocenters. The summed E-state index contributed by atoms with van der Waals surface area (Å²) in [5, 5.41) is 0. The number of hydrogen-bond acceptors (Lipinski definition) is 4. The molecule has 0 bridgehead atoms. The van der Waals surface area contributed by atoms with Crippen molar-refractivity contribution in [2.45, 2.75) is 13.0 Å². The highest BCUT2D eigenvalue weighted by molar-refractivity contribution is 8.93. The first-order chi connectivity index (χ1) is 8.81. The molecule has 1 aromatic rings. The van der Waals surface area contributed by atoms with Gasteiger partial charge in [0.05, 0.1) is 0 Å². The predicted octanol–water partition coefficient (Wildman–Crippen LogP) is 2.13. The van der Waals surface area contributed by atoms with Crippen LogP contribution in [0.1, 0.15) is 12.0 Å². The Morgan fingerprint density at radius 3 is 2.89 bits per heavy atom. The van der Waals surface area contributed by atoms with Gasteiger partial charge >= 0.3 is 0 Å². The molecular weight excluding hydrogens is 313 g/mol. The Labute approximate surface area is 123 Å². The summed E-state index contributed by atoms with van der Waals surface area (Å²) < 4.78 is 17.5. The summed E-state index contributed by atoms with van der Waals surface area (Å²) in [7, 11) is 0. The van der Waals surface area contributed by atoms with Crippen LogP contribution in [-0.2, 0) is 6.54 Å². The van der Waals surface area contributed by atoms with Crippen LogP contribution in [0.2, 0.25) is 0 Å². The summed E-state index contributed by atoms with van der Waals surface area (Å²) >= 11 is 0. The average Bonchev–Trinajstić information content (AvgIpc) is 2.40. The highest BCUT2D eigenvalue weighted by Gasteiger charge is 2.14. The van der Waals surface area contributed by atoms with Gasteiger partial charge in [0.1, 0.15) is 19.0 Å². The first-order valence-electron chi connectivity index (χ1n) is 6.13. The van der Waals surface area contributed by atoms with Gasteiger partial charge in [-0.15, -0.1) is 17.0 Å². The zero-order chi connectivity index (χ0) is 12.8. The summed E-state index contributed by atoms with van der Waals surface area (Å²) in [6.07, 6.45) is 1.01. The number of para-hydroxylation sites is 1. The van der Waals surface area contributed by atoms with E-state index in [4.69, 9.17) is 10.5 Å². The van der Waals surface area contributed by atoms with E-state index in [1.54, 1.807) is 0 Å². The van der Waals surface area contributed by atoms with E-state index in [-0.39, 0.29) is 23.6 Å². The van der Waals surface area contributed by atoms with Crippen LogP contribution in [-0.4, -0.2) is 37.2 Å². The number of hydrogen-bond donors (Lipinski definition) is 1. The minimum atomic E-state index is -0.484. The van der Waals surface area contributed by atoms with Crippen LogP contribution in [0.3, 0.4) is 0 Å². The number of guanidine groups is 1. The normalized spacial score (nSPS) is 14.6. The number of halogens is 2. The van der Waals surface area contributed by atoms with E-state index in [1.165, 1.54) is 0 Å². The van der Waals surface area contributed by atoms with Crippen LogP contribution in [0.25, 0.3) is 0 Å². The van der Waals surface area contributed by atoms with E-state index in [2.05, 4.69) is 4.99 Å². The molecule has 2 rings (SSSR count). The zero-order valence-corrected chi connectivity index (χ0v) is 12.4. The second kappa shape index (κ2) is 7.99. The molecule has 1 aliphatic heterocycles. The van der Waals surface area contributed by atoms with Crippen LogP contribution in [0.15, 0.2) is 29.3 Å². The Kier molecular flexibility index (Phi) is 6.62. The number of benzene rings is 1. The van der Waals surface area contributed by atoms with Gasteiger partial charge in [0.2, 0.25) is 0 Å². The molecule has 4 nitrogen and oxygen atoms in total. The van der Waals surface area contributed by atoms with Gasteiger partial charge in [0.15, 0.2) is 5.96 Å². The fourth-order valence-corrected chi connectivity index (χ4v) is 1.96. The fraction of sp³-hybridized carbons (Fsp3) is 0.462. The molecule has 1 aliphatic rings. The number of aliphatic imine (C=N–C) groups is 1. The maximum atomic E-state index is 12.2. The van der Waals surface area contributed by atoms with Gasteiger partial charge in [-0.3, -0.25) is 4.99 Å². The number of nitrogens with two attached hydrogens (primary N) is 1. The molecule has 6 heteroatoms. The summed E-state index contributed by atoms with van der Waals surface area (Å²) in [5.41, 5.74) is 6.86. The van der Waals surface area contributed by atoms with E-state index >= 15 is 0 Å². The van der Waals surface area contributed by atoms with Gasteiger partial charge in [-0.2, -0.15) is 0 Å². The van der Waals surface area contributed by atoms with Crippen LogP contribution >= 0.6 is 17.0 Å². The van der Waals surface area contributed by atoms with Crippen molar-refractivity contribution in [3.05, 3.63) is 29.8 Å². The minimum absolute atomic E-state index is 0. The Morgan fingerprint density at radius 2 is 2.16 bits per heavy atom. The SMILES string of the molecule is Br.NC1=NCCCN1Cc1ccccc1OCCF. The van der Waals surface area contributed by atoms with Crippen molar-refractivity contribution >= 4 is 22.9 Å². The van der Waals surface area contributed by atoms with Crippen LogP contribution in [0.4, 0.5) is 4.39 Å². The molecule has 19 heavy (non-hydrogen) atoms. The van der Waals surface area contributed by atoms with Gasteiger partial charge in [0.25, 0.3) is 0 Å². The van der Waals surface area contributed by atoms with E-state index in [9.17, 15) is 4.39 Å². The lowest BCUT2D eigenvalue weighted by Gasteiger charge is -2.27. The maximum absolute atomic E-state index is 12.2. The summed E-state index contributed by atoms with van der Waals surface area (Å²) in [6, 6.07) is 7.64. The predicted molar refractivity (Wildman–Crippen MR) is 79.8 cm³/mol. The minimum Gasteiger partial charge on any atom is -0.491 e. The molecule has 0 aromatic heterocycles. The monoisotopic (exact) mass is 331 g/mol. The average molecular weight is 332 g/mol. The Bertz CT molecular complexity index is 428. The fourth-order valence-electron chi connectivity index (χ4n) is 1.96. The molecule has 2 N–H and O–H groups in total. The van der Waals surface area contributed by atoms with E-state index < -0.39 is 6.67 Å². The highest BCUT2D eigenvalue weighted by atomic mass is 79.9. The third-order valence-electron chi connectivity index (χ3n) is 2.85. The van der Waals surface area contributed by atoms with E-state index in [0.29, 0.717) is 18.3 Å². The van der Waals surface area contributed by atoms with Crippen LogP contribution in [0, 0.1) is 0 Å². The standard InChI is InChI=1S/C13H18FN3O.BrH/c14-6-9-18-12-5-2-1-4-11(12)10-17-8-3-7-16-13(17)15;/h1-2,4-5H,3,6-10H2,(H2,15,16);1H. The van der Waals surface area contributed by atoms with Crippen molar-refractivity contribution in [3.63, 3.8) is 0 Å². The molecule has 0 saturated heterocycles. The van der Waals surface area contributed by atoms with Crippen molar-refractivity contribution in [2.75, 3.05) is 26.4 Å². The van der Waals surface area contributed by atoms with E-state index in [0.717, 1.165) is 25.1 Å². The second-order valence-electron chi connectivity index (χ2n) is 4.16. The van der Waals surface area contributed by atoms with Crippen molar-refractivity contribution in [2.24, 2.45) is 10.7 Å². The molecule has 1 heterocycles. The molecule has 1 aromatic carbocycles. The van der Waals surface area contributed by atoms with Gasteiger partial charge < -0.3 is 15.4 Å². The molecular formula is C13H19BrFN3O. The Balaban J connectivity index is 0.00000180. The summed E-state index contributed by atoms with van der Waals surface area (Å²) in [5.74, 6) is 1.29. The van der Waals surface area contributed by atoms with Crippen LogP contribution < -0.4 is 10.5 Å². The lowest BCUT2D eigenvalue weighted by molar-refractivity contribution is 0.267. The molecule has 0 aliphatic carbocycles. The lowest BCUT2D eigenvalue weighted by Crippen LogP contribution is -2.40. The quantitative estimate of drug-likeness (QED) is 0.899. The third kappa shape index (κ3) is 4.38.